The summed E-state index contributed by atoms with van der Waals surface area (Å²) >= 11 is 0. The lowest BCUT2D eigenvalue weighted by Gasteiger charge is -2.13. The second-order valence-corrected chi connectivity index (χ2v) is 4.65. The van der Waals surface area contributed by atoms with Crippen LogP contribution >= 0.6 is 0 Å². The van der Waals surface area contributed by atoms with E-state index in [4.69, 9.17) is 4.42 Å². The van der Waals surface area contributed by atoms with E-state index in [-0.39, 0.29) is 0 Å². The fourth-order valence-corrected chi connectivity index (χ4v) is 2.17. The number of rotatable bonds is 4. The molecule has 1 heteroatoms. The van der Waals surface area contributed by atoms with E-state index in [0.717, 1.165) is 12.3 Å². The average Bonchev–Trinajstić information content (AvgIpc) is 2.45. The Kier molecular flexibility index (Phi) is 3.79. The van der Waals surface area contributed by atoms with Gasteiger partial charge in [-0.2, -0.15) is 0 Å². The van der Waals surface area contributed by atoms with Gasteiger partial charge in [0.1, 0.15) is 5.76 Å². The van der Waals surface area contributed by atoms with Crippen molar-refractivity contribution in [3.63, 3.8) is 0 Å². The van der Waals surface area contributed by atoms with E-state index < -0.39 is 0 Å². The quantitative estimate of drug-likeness (QED) is 0.696. The molecule has 0 N–H and O–H groups in total. The first kappa shape index (κ1) is 11.4. The maximum Gasteiger partial charge on any atom is 0.110 e. The van der Waals surface area contributed by atoms with Gasteiger partial charge in [-0.1, -0.05) is 27.7 Å². The van der Waals surface area contributed by atoms with Crippen LogP contribution in [0.3, 0.4) is 0 Å². The highest BCUT2D eigenvalue weighted by Gasteiger charge is 2.16. The van der Waals surface area contributed by atoms with Crippen molar-refractivity contribution in [1.82, 2.24) is 0 Å². The molecule has 0 aliphatic heterocycles. The molecule has 0 saturated carbocycles. The lowest BCUT2D eigenvalue weighted by atomic mass is 9.93. The Bertz CT molecular complexity index is 283. The van der Waals surface area contributed by atoms with Crippen molar-refractivity contribution in [3.8, 4) is 0 Å². The summed E-state index contributed by atoms with van der Waals surface area (Å²) in [5.74, 6) is 2.50. The van der Waals surface area contributed by atoms with Crippen LogP contribution in [-0.2, 0) is 6.42 Å². The predicted molar refractivity (Wildman–Crippen MR) is 60.7 cm³/mol. The van der Waals surface area contributed by atoms with Crippen LogP contribution in [0.5, 0.6) is 0 Å². The summed E-state index contributed by atoms with van der Waals surface area (Å²) in [4.78, 5) is 0. The Labute approximate surface area is 87.5 Å². The van der Waals surface area contributed by atoms with Crippen LogP contribution in [0.25, 0.3) is 0 Å². The maximum atomic E-state index is 5.65. The molecule has 1 atom stereocenters. The summed E-state index contributed by atoms with van der Waals surface area (Å²) in [5.41, 5.74) is 2.72. The number of furan rings is 1. The van der Waals surface area contributed by atoms with Gasteiger partial charge in [-0.05, 0) is 36.8 Å². The lowest BCUT2D eigenvalue weighted by Crippen LogP contribution is -2.00. The van der Waals surface area contributed by atoms with Gasteiger partial charge < -0.3 is 4.42 Å². The fraction of sp³-hybridized carbons (Fsp3) is 0.692. The number of hydrogen-bond acceptors (Lipinski definition) is 1. The first-order chi connectivity index (χ1) is 6.56. The molecule has 0 spiro atoms. The SMILES string of the molecule is CCc1c(C)coc1C(C)CC(C)C. The lowest BCUT2D eigenvalue weighted by molar-refractivity contribution is 0.422. The zero-order valence-corrected chi connectivity index (χ0v) is 10.1. The minimum absolute atomic E-state index is 0.554. The normalized spacial score (nSPS) is 13.6. The van der Waals surface area contributed by atoms with E-state index in [0.29, 0.717) is 5.92 Å². The maximum absolute atomic E-state index is 5.65. The van der Waals surface area contributed by atoms with Gasteiger partial charge in [0.25, 0.3) is 0 Å². The van der Waals surface area contributed by atoms with Crippen LogP contribution < -0.4 is 0 Å². The van der Waals surface area contributed by atoms with Crippen molar-refractivity contribution < 1.29 is 4.42 Å². The summed E-state index contributed by atoms with van der Waals surface area (Å²) in [6.45, 7) is 11.1. The highest BCUT2D eigenvalue weighted by atomic mass is 16.3. The molecule has 0 aliphatic rings. The van der Waals surface area contributed by atoms with Crippen LogP contribution in [0.2, 0.25) is 0 Å². The molecule has 0 radical (unpaired) electrons. The van der Waals surface area contributed by atoms with Crippen molar-refractivity contribution in [2.45, 2.75) is 53.4 Å². The molecule has 0 amide bonds. The highest BCUT2D eigenvalue weighted by Crippen LogP contribution is 2.29. The molecular formula is C13H22O. The van der Waals surface area contributed by atoms with Crippen LogP contribution in [0.4, 0.5) is 0 Å². The molecule has 0 saturated heterocycles. The molecule has 14 heavy (non-hydrogen) atoms. The zero-order chi connectivity index (χ0) is 10.7. The largest absolute Gasteiger partial charge is 0.468 e. The molecular weight excluding hydrogens is 172 g/mol. The van der Waals surface area contributed by atoms with E-state index in [2.05, 4.69) is 34.6 Å². The van der Waals surface area contributed by atoms with Crippen molar-refractivity contribution >= 4 is 0 Å². The fourth-order valence-electron chi connectivity index (χ4n) is 2.17. The Hall–Kier alpha value is -0.720. The minimum atomic E-state index is 0.554. The third-order valence-electron chi connectivity index (χ3n) is 2.76. The molecule has 0 aliphatic carbocycles. The van der Waals surface area contributed by atoms with Crippen LogP contribution in [0.1, 0.15) is 56.9 Å². The summed E-state index contributed by atoms with van der Waals surface area (Å²) in [7, 11) is 0. The van der Waals surface area contributed by atoms with Gasteiger partial charge >= 0.3 is 0 Å². The Morgan fingerprint density at radius 2 is 1.93 bits per heavy atom. The molecule has 1 rings (SSSR count). The first-order valence-electron chi connectivity index (χ1n) is 5.63. The molecule has 1 aromatic heterocycles. The molecule has 1 unspecified atom stereocenters. The van der Waals surface area contributed by atoms with E-state index in [1.54, 1.807) is 0 Å². The van der Waals surface area contributed by atoms with Gasteiger partial charge in [0.05, 0.1) is 6.26 Å². The molecule has 1 aromatic rings. The van der Waals surface area contributed by atoms with Gasteiger partial charge in [0, 0.05) is 5.92 Å². The van der Waals surface area contributed by atoms with Crippen molar-refractivity contribution in [2.24, 2.45) is 5.92 Å². The highest BCUT2D eigenvalue weighted by molar-refractivity contribution is 5.28. The van der Waals surface area contributed by atoms with E-state index >= 15 is 0 Å². The second-order valence-electron chi connectivity index (χ2n) is 4.65. The summed E-state index contributed by atoms with van der Waals surface area (Å²) in [6.07, 6.45) is 4.19. The van der Waals surface area contributed by atoms with Gasteiger partial charge in [-0.25, -0.2) is 0 Å². The zero-order valence-electron chi connectivity index (χ0n) is 10.1. The van der Waals surface area contributed by atoms with Crippen LogP contribution in [0.15, 0.2) is 10.7 Å². The molecule has 80 valence electrons. The standard InChI is InChI=1S/C13H22O/c1-6-12-11(5)8-14-13(12)10(4)7-9(2)3/h8-10H,6-7H2,1-5H3. The summed E-state index contributed by atoms with van der Waals surface area (Å²) in [5, 5.41) is 0. The van der Waals surface area contributed by atoms with Crippen LogP contribution in [-0.4, -0.2) is 0 Å². The third-order valence-corrected chi connectivity index (χ3v) is 2.76. The van der Waals surface area contributed by atoms with Gasteiger partial charge in [-0.15, -0.1) is 0 Å². The third kappa shape index (κ3) is 2.40. The molecule has 0 fully saturated rings. The average molecular weight is 194 g/mol. The molecule has 1 heterocycles. The van der Waals surface area contributed by atoms with E-state index in [1.807, 2.05) is 6.26 Å². The Morgan fingerprint density at radius 3 is 2.43 bits per heavy atom. The van der Waals surface area contributed by atoms with Crippen molar-refractivity contribution in [3.05, 3.63) is 23.2 Å². The van der Waals surface area contributed by atoms with Gasteiger partial charge in [0.2, 0.25) is 0 Å². The van der Waals surface area contributed by atoms with Crippen molar-refractivity contribution in [1.29, 1.82) is 0 Å². The summed E-state index contributed by atoms with van der Waals surface area (Å²) in [6, 6.07) is 0. The smallest absolute Gasteiger partial charge is 0.110 e. The van der Waals surface area contributed by atoms with E-state index in [1.165, 1.54) is 23.3 Å². The Balaban J connectivity index is 2.83. The van der Waals surface area contributed by atoms with Gasteiger partial charge in [0.15, 0.2) is 0 Å². The summed E-state index contributed by atoms with van der Waals surface area (Å²) < 4.78 is 5.65. The molecule has 0 bridgehead atoms. The van der Waals surface area contributed by atoms with E-state index in [9.17, 15) is 0 Å². The number of aryl methyl sites for hydroxylation is 1. The molecule has 0 aromatic carbocycles. The Morgan fingerprint density at radius 1 is 1.29 bits per heavy atom. The van der Waals surface area contributed by atoms with Crippen LogP contribution in [0, 0.1) is 12.8 Å². The topological polar surface area (TPSA) is 13.1 Å². The monoisotopic (exact) mass is 194 g/mol. The number of hydrogen-bond donors (Lipinski definition) is 0. The predicted octanol–water partition coefficient (Wildman–Crippen LogP) is 4.30. The van der Waals surface area contributed by atoms with Gasteiger partial charge in [-0.3, -0.25) is 0 Å². The first-order valence-corrected chi connectivity index (χ1v) is 5.63. The van der Waals surface area contributed by atoms with Crippen molar-refractivity contribution in [2.75, 3.05) is 0 Å². The molecule has 1 nitrogen and oxygen atoms in total. The second kappa shape index (κ2) is 4.68. The minimum Gasteiger partial charge on any atom is -0.468 e.